The van der Waals surface area contributed by atoms with Gasteiger partial charge in [0, 0.05) is 21.8 Å². The molecule has 238 valence electrons. The minimum atomic E-state index is -0.738. The molecule has 3 amide bonds. The van der Waals surface area contributed by atoms with Gasteiger partial charge in [-0.1, -0.05) is 72.3 Å². The molecule has 1 unspecified atom stereocenters. The largest absolute Gasteiger partial charge is 0.462 e. The number of hydrogen-bond acceptors (Lipinski definition) is 7. The highest BCUT2D eigenvalue weighted by atomic mass is 32.2. The molecular formula is C37H33N3O5S2. The zero-order valence-corrected chi connectivity index (χ0v) is 27.7. The van der Waals surface area contributed by atoms with Crippen LogP contribution in [-0.4, -0.2) is 30.3 Å². The van der Waals surface area contributed by atoms with Gasteiger partial charge in [-0.05, 0) is 74.4 Å². The zero-order chi connectivity index (χ0) is 33.3. The number of hydrogen-bond donors (Lipinski definition) is 3. The van der Waals surface area contributed by atoms with Gasteiger partial charge in [0.05, 0.1) is 17.0 Å². The van der Waals surface area contributed by atoms with Crippen molar-refractivity contribution in [2.45, 2.75) is 30.9 Å². The molecule has 1 atom stereocenters. The van der Waals surface area contributed by atoms with Crippen LogP contribution in [0.1, 0.15) is 59.3 Å². The van der Waals surface area contributed by atoms with Gasteiger partial charge in [-0.3, -0.25) is 14.4 Å². The van der Waals surface area contributed by atoms with Crippen molar-refractivity contribution in [3.05, 3.63) is 142 Å². The molecule has 0 aliphatic heterocycles. The summed E-state index contributed by atoms with van der Waals surface area (Å²) in [7, 11) is 0. The molecule has 8 nitrogen and oxygen atoms in total. The van der Waals surface area contributed by atoms with Crippen molar-refractivity contribution < 1.29 is 23.9 Å². The van der Waals surface area contributed by atoms with Gasteiger partial charge in [0.25, 0.3) is 11.8 Å². The molecule has 1 aromatic heterocycles. The van der Waals surface area contributed by atoms with E-state index in [1.165, 1.54) is 11.8 Å². The number of anilines is 3. The van der Waals surface area contributed by atoms with E-state index < -0.39 is 23.0 Å². The molecule has 10 heteroatoms. The SMILES string of the molecule is CCOC(=O)c1c(NC(=O)C(Sc2cccc(NC(=O)c3ccc(C)cc3)c2)c2ccccc2)sc(C(=O)Nc2ccccc2)c1C. The second-order valence-electron chi connectivity index (χ2n) is 10.5. The molecule has 3 N–H and O–H groups in total. The maximum absolute atomic E-state index is 14.1. The molecule has 0 saturated heterocycles. The molecule has 47 heavy (non-hydrogen) atoms. The van der Waals surface area contributed by atoms with Crippen LogP contribution in [-0.2, 0) is 9.53 Å². The van der Waals surface area contributed by atoms with Crippen LogP contribution in [0.2, 0.25) is 0 Å². The van der Waals surface area contributed by atoms with Crippen molar-refractivity contribution in [2.75, 3.05) is 22.6 Å². The number of ether oxygens (including phenoxy) is 1. The predicted octanol–water partition coefficient (Wildman–Crippen LogP) is 8.52. The van der Waals surface area contributed by atoms with Crippen molar-refractivity contribution in [1.82, 2.24) is 0 Å². The summed E-state index contributed by atoms with van der Waals surface area (Å²) in [6.07, 6.45) is 0. The highest BCUT2D eigenvalue weighted by Gasteiger charge is 2.30. The molecule has 0 spiro atoms. The zero-order valence-electron chi connectivity index (χ0n) is 26.0. The first-order valence-corrected chi connectivity index (χ1v) is 16.6. The fourth-order valence-corrected chi connectivity index (χ4v) is 6.92. The molecule has 0 radical (unpaired) electrons. The Balaban J connectivity index is 1.42. The van der Waals surface area contributed by atoms with Crippen LogP contribution >= 0.6 is 23.1 Å². The van der Waals surface area contributed by atoms with Crippen LogP contribution < -0.4 is 16.0 Å². The Morgan fingerprint density at radius 2 is 1.38 bits per heavy atom. The summed E-state index contributed by atoms with van der Waals surface area (Å²) in [4.78, 5) is 54.3. The fourth-order valence-electron chi connectivity index (χ4n) is 4.75. The third-order valence-electron chi connectivity index (χ3n) is 7.10. The van der Waals surface area contributed by atoms with Crippen LogP contribution in [0.3, 0.4) is 0 Å². The Labute approximate surface area is 281 Å². The number of thiophene rings is 1. The normalized spacial score (nSPS) is 11.3. The lowest BCUT2D eigenvalue weighted by molar-refractivity contribution is -0.115. The summed E-state index contributed by atoms with van der Waals surface area (Å²) in [5.41, 5.74) is 4.07. The number of para-hydroxylation sites is 1. The van der Waals surface area contributed by atoms with Crippen LogP contribution in [0, 0.1) is 13.8 Å². The van der Waals surface area contributed by atoms with E-state index in [2.05, 4.69) is 16.0 Å². The van der Waals surface area contributed by atoms with Gasteiger partial charge in [0.2, 0.25) is 5.91 Å². The molecule has 0 fully saturated rings. The summed E-state index contributed by atoms with van der Waals surface area (Å²) >= 11 is 2.32. The maximum atomic E-state index is 14.1. The number of aryl methyl sites for hydroxylation is 1. The van der Waals surface area contributed by atoms with Gasteiger partial charge in [0.15, 0.2) is 0 Å². The van der Waals surface area contributed by atoms with Crippen molar-refractivity contribution in [3.8, 4) is 0 Å². The smallest absolute Gasteiger partial charge is 0.341 e. The number of thioether (sulfide) groups is 1. The van der Waals surface area contributed by atoms with Crippen LogP contribution in [0.15, 0.2) is 114 Å². The van der Waals surface area contributed by atoms with E-state index in [9.17, 15) is 19.2 Å². The Morgan fingerprint density at radius 3 is 2.06 bits per heavy atom. The van der Waals surface area contributed by atoms with E-state index in [0.29, 0.717) is 22.5 Å². The number of carbonyl (C=O) groups excluding carboxylic acids is 4. The highest BCUT2D eigenvalue weighted by Crippen LogP contribution is 2.40. The van der Waals surface area contributed by atoms with E-state index in [-0.39, 0.29) is 28.0 Å². The number of esters is 1. The van der Waals surface area contributed by atoms with E-state index in [0.717, 1.165) is 27.4 Å². The van der Waals surface area contributed by atoms with Crippen molar-refractivity contribution in [2.24, 2.45) is 0 Å². The van der Waals surface area contributed by atoms with Gasteiger partial charge in [-0.25, -0.2) is 4.79 Å². The summed E-state index contributed by atoms with van der Waals surface area (Å²) < 4.78 is 5.31. The molecular weight excluding hydrogens is 631 g/mol. The van der Waals surface area contributed by atoms with Crippen LogP contribution in [0.5, 0.6) is 0 Å². The molecule has 5 rings (SSSR count). The Kier molecular flexibility index (Phi) is 10.9. The Hall–Kier alpha value is -5.19. The van der Waals surface area contributed by atoms with Crippen molar-refractivity contribution in [3.63, 3.8) is 0 Å². The second kappa shape index (κ2) is 15.4. The Morgan fingerprint density at radius 1 is 0.745 bits per heavy atom. The number of nitrogens with one attached hydrogen (secondary N) is 3. The number of rotatable bonds is 11. The first-order valence-electron chi connectivity index (χ1n) is 14.9. The topological polar surface area (TPSA) is 114 Å². The van der Waals surface area contributed by atoms with E-state index >= 15 is 0 Å². The minimum Gasteiger partial charge on any atom is -0.462 e. The minimum absolute atomic E-state index is 0.131. The lowest BCUT2D eigenvalue weighted by atomic mass is 10.1. The first-order chi connectivity index (χ1) is 22.7. The summed E-state index contributed by atoms with van der Waals surface area (Å²) in [6, 6.07) is 32.8. The molecule has 5 aromatic rings. The van der Waals surface area contributed by atoms with Gasteiger partial charge < -0.3 is 20.7 Å². The molecule has 0 saturated carbocycles. The van der Waals surface area contributed by atoms with Crippen molar-refractivity contribution in [1.29, 1.82) is 0 Å². The molecule has 4 aromatic carbocycles. The quantitative estimate of drug-likeness (QED) is 0.0965. The van der Waals surface area contributed by atoms with Gasteiger partial charge >= 0.3 is 5.97 Å². The average molecular weight is 664 g/mol. The van der Waals surface area contributed by atoms with E-state index in [1.807, 2.05) is 85.8 Å². The molecule has 0 aliphatic carbocycles. The van der Waals surface area contributed by atoms with Crippen LogP contribution in [0.25, 0.3) is 0 Å². The molecule has 0 bridgehead atoms. The van der Waals surface area contributed by atoms with Gasteiger partial charge in [0.1, 0.15) is 10.3 Å². The first kappa shape index (κ1) is 33.2. The average Bonchev–Trinajstić information content (AvgIpc) is 3.40. The third-order valence-corrected chi connectivity index (χ3v) is 9.56. The highest BCUT2D eigenvalue weighted by molar-refractivity contribution is 8.00. The van der Waals surface area contributed by atoms with Gasteiger partial charge in [-0.2, -0.15) is 0 Å². The van der Waals surface area contributed by atoms with E-state index in [4.69, 9.17) is 4.74 Å². The summed E-state index contributed by atoms with van der Waals surface area (Å²) in [5, 5.41) is 8.20. The maximum Gasteiger partial charge on any atom is 0.341 e. The lowest BCUT2D eigenvalue weighted by Crippen LogP contribution is -2.20. The number of amides is 3. The monoisotopic (exact) mass is 663 g/mol. The summed E-state index contributed by atoms with van der Waals surface area (Å²) in [5.74, 6) is -1.66. The fraction of sp³-hybridized carbons (Fsp3) is 0.135. The van der Waals surface area contributed by atoms with Gasteiger partial charge in [-0.15, -0.1) is 23.1 Å². The lowest BCUT2D eigenvalue weighted by Gasteiger charge is -2.18. The predicted molar refractivity (Wildman–Crippen MR) is 189 cm³/mol. The number of carbonyl (C=O) groups is 4. The molecule has 0 aliphatic rings. The Bertz CT molecular complexity index is 1890. The number of benzene rings is 4. The third kappa shape index (κ3) is 8.35. The van der Waals surface area contributed by atoms with Crippen molar-refractivity contribution >= 4 is 63.2 Å². The molecule has 1 heterocycles. The standard InChI is InChI=1S/C37H33N3O5S2/c1-4-45-37(44)30-24(3)31(34(42)38-27-14-9-6-10-15-27)47-36(30)40-35(43)32(25-12-7-5-8-13-25)46-29-17-11-16-28(22-29)39-33(41)26-20-18-23(2)19-21-26/h5-22,32H,4H2,1-3H3,(H,38,42)(H,39,41)(H,40,43). The second-order valence-corrected chi connectivity index (χ2v) is 12.7. The van der Waals surface area contributed by atoms with E-state index in [1.54, 1.807) is 44.2 Å². The van der Waals surface area contributed by atoms with Crippen LogP contribution in [0.4, 0.5) is 16.4 Å². The summed E-state index contributed by atoms with van der Waals surface area (Å²) in [6.45, 7) is 5.45.